The van der Waals surface area contributed by atoms with Crippen LogP contribution in [0.4, 0.5) is 0 Å². The molecule has 4 nitrogen and oxygen atoms in total. The highest BCUT2D eigenvalue weighted by atomic mass is 16.5. The Bertz CT molecular complexity index is 514. The maximum atomic E-state index is 5.76. The van der Waals surface area contributed by atoms with Crippen LogP contribution in [0.1, 0.15) is 19.5 Å². The van der Waals surface area contributed by atoms with E-state index in [1.54, 1.807) is 7.11 Å². The topological polar surface area (TPSA) is 53.1 Å². The van der Waals surface area contributed by atoms with Crippen molar-refractivity contribution in [3.05, 3.63) is 42.2 Å². The van der Waals surface area contributed by atoms with Gasteiger partial charge in [0.25, 0.3) is 0 Å². The fourth-order valence-electron chi connectivity index (χ4n) is 1.67. The molecule has 2 rings (SSSR count). The summed E-state index contributed by atoms with van der Waals surface area (Å²) >= 11 is 0. The third kappa shape index (κ3) is 2.38. The molecule has 2 aromatic rings. The van der Waals surface area contributed by atoms with E-state index in [0.29, 0.717) is 6.54 Å². The lowest BCUT2D eigenvalue weighted by molar-refractivity contribution is 0.414. The molecule has 0 unspecified atom stereocenters. The predicted octanol–water partition coefficient (Wildman–Crippen LogP) is 2.12. The van der Waals surface area contributed by atoms with Crippen LogP contribution in [0.15, 0.2) is 36.5 Å². The fraction of sp³-hybridized carbons (Fsp3) is 0.357. The summed E-state index contributed by atoms with van der Waals surface area (Å²) in [6.07, 6.45) is 1.95. The lowest BCUT2D eigenvalue weighted by Crippen LogP contribution is -2.28. The molecule has 0 saturated heterocycles. The van der Waals surface area contributed by atoms with Gasteiger partial charge in [0.15, 0.2) is 0 Å². The van der Waals surface area contributed by atoms with Crippen molar-refractivity contribution in [1.29, 1.82) is 0 Å². The summed E-state index contributed by atoms with van der Waals surface area (Å²) in [6, 6.07) is 9.81. The SMILES string of the molecule is COc1ccc(-n2ccc(C(C)(C)CN)n2)cc1. The summed E-state index contributed by atoms with van der Waals surface area (Å²) < 4.78 is 6.99. The van der Waals surface area contributed by atoms with Crippen LogP contribution >= 0.6 is 0 Å². The molecule has 0 aliphatic heterocycles. The van der Waals surface area contributed by atoms with Crippen LogP contribution < -0.4 is 10.5 Å². The second kappa shape index (κ2) is 4.82. The van der Waals surface area contributed by atoms with E-state index in [-0.39, 0.29) is 5.41 Å². The summed E-state index contributed by atoms with van der Waals surface area (Å²) in [6.45, 7) is 4.76. The van der Waals surface area contributed by atoms with E-state index in [9.17, 15) is 0 Å². The molecule has 1 aromatic carbocycles. The van der Waals surface area contributed by atoms with Crippen LogP contribution in [0.25, 0.3) is 5.69 Å². The predicted molar refractivity (Wildman–Crippen MR) is 72.2 cm³/mol. The Morgan fingerprint density at radius 2 is 1.89 bits per heavy atom. The number of ether oxygens (including phenoxy) is 1. The molecule has 1 aromatic heterocycles. The van der Waals surface area contributed by atoms with E-state index in [4.69, 9.17) is 10.5 Å². The molecular formula is C14H19N3O. The molecule has 4 heteroatoms. The number of nitrogens with zero attached hydrogens (tertiary/aromatic N) is 2. The number of benzene rings is 1. The Balaban J connectivity index is 2.29. The van der Waals surface area contributed by atoms with Gasteiger partial charge in [0, 0.05) is 18.2 Å². The van der Waals surface area contributed by atoms with E-state index < -0.39 is 0 Å². The molecule has 1 heterocycles. The van der Waals surface area contributed by atoms with Gasteiger partial charge in [0.2, 0.25) is 0 Å². The quantitative estimate of drug-likeness (QED) is 0.897. The summed E-state index contributed by atoms with van der Waals surface area (Å²) in [5.41, 5.74) is 7.67. The minimum Gasteiger partial charge on any atom is -0.497 e. The monoisotopic (exact) mass is 245 g/mol. The first-order chi connectivity index (χ1) is 8.56. The lowest BCUT2D eigenvalue weighted by atomic mass is 9.90. The first-order valence-electron chi connectivity index (χ1n) is 5.97. The molecule has 0 aliphatic rings. The maximum Gasteiger partial charge on any atom is 0.119 e. The average molecular weight is 245 g/mol. The molecule has 0 saturated carbocycles. The van der Waals surface area contributed by atoms with E-state index in [1.807, 2.05) is 41.2 Å². The highest BCUT2D eigenvalue weighted by Gasteiger charge is 2.21. The van der Waals surface area contributed by atoms with Crippen molar-refractivity contribution >= 4 is 0 Å². The zero-order valence-corrected chi connectivity index (χ0v) is 11.1. The van der Waals surface area contributed by atoms with Crippen molar-refractivity contribution in [3.8, 4) is 11.4 Å². The van der Waals surface area contributed by atoms with E-state index in [0.717, 1.165) is 17.1 Å². The highest BCUT2D eigenvalue weighted by Crippen LogP contribution is 2.21. The van der Waals surface area contributed by atoms with Crippen molar-refractivity contribution in [2.45, 2.75) is 19.3 Å². The molecule has 0 amide bonds. The van der Waals surface area contributed by atoms with Crippen molar-refractivity contribution in [1.82, 2.24) is 9.78 Å². The van der Waals surface area contributed by atoms with Gasteiger partial charge >= 0.3 is 0 Å². The third-order valence-electron chi connectivity index (χ3n) is 3.13. The fourth-order valence-corrected chi connectivity index (χ4v) is 1.67. The Morgan fingerprint density at radius 3 is 2.44 bits per heavy atom. The number of aromatic nitrogens is 2. The Kier molecular flexibility index (Phi) is 3.39. The van der Waals surface area contributed by atoms with Crippen molar-refractivity contribution in [2.75, 3.05) is 13.7 Å². The molecule has 0 atom stereocenters. The van der Waals surface area contributed by atoms with Gasteiger partial charge in [-0.25, -0.2) is 4.68 Å². The molecule has 0 spiro atoms. The molecular weight excluding hydrogens is 226 g/mol. The van der Waals surface area contributed by atoms with Gasteiger partial charge in [0.1, 0.15) is 5.75 Å². The number of rotatable bonds is 4. The van der Waals surface area contributed by atoms with Crippen LogP contribution in [-0.4, -0.2) is 23.4 Å². The standard InChI is InChI=1S/C14H19N3O/c1-14(2,10-15)13-8-9-17(16-13)11-4-6-12(18-3)7-5-11/h4-9H,10,15H2,1-3H3. The zero-order valence-electron chi connectivity index (χ0n) is 11.1. The molecule has 96 valence electrons. The molecule has 0 aliphatic carbocycles. The number of methoxy groups -OCH3 is 1. The molecule has 2 N–H and O–H groups in total. The number of hydrogen-bond acceptors (Lipinski definition) is 3. The largest absolute Gasteiger partial charge is 0.497 e. The third-order valence-corrected chi connectivity index (χ3v) is 3.13. The molecule has 0 bridgehead atoms. The Labute approximate surface area is 107 Å². The van der Waals surface area contributed by atoms with Crippen LogP contribution in [0.2, 0.25) is 0 Å². The van der Waals surface area contributed by atoms with E-state index in [2.05, 4.69) is 18.9 Å². The van der Waals surface area contributed by atoms with Crippen LogP contribution in [0, 0.1) is 0 Å². The summed E-state index contributed by atoms with van der Waals surface area (Å²) in [5.74, 6) is 0.841. The number of nitrogens with two attached hydrogens (primary N) is 1. The molecule has 0 fully saturated rings. The second-order valence-corrected chi connectivity index (χ2v) is 4.93. The second-order valence-electron chi connectivity index (χ2n) is 4.93. The average Bonchev–Trinajstić information content (AvgIpc) is 2.89. The van der Waals surface area contributed by atoms with Gasteiger partial charge in [-0.1, -0.05) is 13.8 Å². The van der Waals surface area contributed by atoms with Crippen LogP contribution in [0.5, 0.6) is 5.75 Å². The highest BCUT2D eigenvalue weighted by molar-refractivity contribution is 5.37. The lowest BCUT2D eigenvalue weighted by Gasteiger charge is -2.19. The van der Waals surface area contributed by atoms with Crippen molar-refractivity contribution in [3.63, 3.8) is 0 Å². The minimum atomic E-state index is -0.0995. The minimum absolute atomic E-state index is 0.0995. The zero-order chi connectivity index (χ0) is 13.2. The van der Waals surface area contributed by atoms with E-state index >= 15 is 0 Å². The van der Waals surface area contributed by atoms with Gasteiger partial charge < -0.3 is 10.5 Å². The van der Waals surface area contributed by atoms with Gasteiger partial charge in [-0.3, -0.25) is 0 Å². The van der Waals surface area contributed by atoms with Crippen LogP contribution in [0.3, 0.4) is 0 Å². The van der Waals surface area contributed by atoms with Gasteiger partial charge in [-0.2, -0.15) is 5.10 Å². The first-order valence-corrected chi connectivity index (χ1v) is 5.97. The van der Waals surface area contributed by atoms with Gasteiger partial charge in [-0.05, 0) is 30.3 Å². The normalized spacial score (nSPS) is 11.6. The first kappa shape index (κ1) is 12.6. The van der Waals surface area contributed by atoms with Gasteiger partial charge in [0.05, 0.1) is 18.5 Å². The summed E-state index contributed by atoms with van der Waals surface area (Å²) in [4.78, 5) is 0. The van der Waals surface area contributed by atoms with Crippen molar-refractivity contribution in [2.24, 2.45) is 5.73 Å². The summed E-state index contributed by atoms with van der Waals surface area (Å²) in [5, 5.41) is 4.57. The molecule has 18 heavy (non-hydrogen) atoms. The van der Waals surface area contributed by atoms with E-state index in [1.165, 1.54) is 0 Å². The smallest absolute Gasteiger partial charge is 0.119 e. The maximum absolute atomic E-state index is 5.76. The molecule has 0 radical (unpaired) electrons. The van der Waals surface area contributed by atoms with Crippen LogP contribution in [-0.2, 0) is 5.41 Å². The summed E-state index contributed by atoms with van der Waals surface area (Å²) in [7, 11) is 1.66. The Morgan fingerprint density at radius 1 is 1.22 bits per heavy atom. The van der Waals surface area contributed by atoms with Crippen molar-refractivity contribution < 1.29 is 4.74 Å². The van der Waals surface area contributed by atoms with Gasteiger partial charge in [-0.15, -0.1) is 0 Å². The Hall–Kier alpha value is -1.81. The number of hydrogen-bond donors (Lipinski definition) is 1.